The van der Waals surface area contributed by atoms with Crippen molar-refractivity contribution in [2.24, 2.45) is 4.99 Å². The summed E-state index contributed by atoms with van der Waals surface area (Å²) in [6.07, 6.45) is 0. The van der Waals surface area contributed by atoms with Crippen molar-refractivity contribution in [1.29, 1.82) is 0 Å². The number of rotatable bonds is 4. The second kappa shape index (κ2) is 5.59. The summed E-state index contributed by atoms with van der Waals surface area (Å²) in [7, 11) is 1.61. The van der Waals surface area contributed by atoms with Gasteiger partial charge in [0.1, 0.15) is 5.54 Å². The van der Waals surface area contributed by atoms with Gasteiger partial charge in [-0.25, -0.2) is 0 Å². The molecule has 1 amide bonds. The van der Waals surface area contributed by atoms with Crippen molar-refractivity contribution in [2.45, 2.75) is 12.5 Å². The van der Waals surface area contributed by atoms with E-state index in [9.17, 15) is 4.79 Å². The van der Waals surface area contributed by atoms with Crippen LogP contribution in [0.25, 0.3) is 0 Å². The number of guanidine groups is 1. The summed E-state index contributed by atoms with van der Waals surface area (Å²) in [5.41, 5.74) is 0.0163. The van der Waals surface area contributed by atoms with Crippen molar-refractivity contribution in [3.63, 3.8) is 0 Å². The number of benzene rings is 1. The topological polar surface area (TPSA) is 62.7 Å². The lowest BCUT2D eigenvalue weighted by molar-refractivity contribution is -0.123. The first-order valence-corrected chi connectivity index (χ1v) is 6.33. The summed E-state index contributed by atoms with van der Waals surface area (Å²) in [6, 6.07) is 7.17. The van der Waals surface area contributed by atoms with Crippen LogP contribution in [0.1, 0.15) is 12.5 Å². The van der Waals surface area contributed by atoms with Crippen molar-refractivity contribution in [3.8, 4) is 0 Å². The highest BCUT2D eigenvalue weighted by atomic mass is 35.5. The third kappa shape index (κ3) is 2.88. The van der Waals surface area contributed by atoms with Gasteiger partial charge >= 0.3 is 0 Å². The average molecular weight is 282 g/mol. The average Bonchev–Trinajstić information content (AvgIpc) is 2.67. The van der Waals surface area contributed by atoms with Crippen LogP contribution >= 0.6 is 11.6 Å². The molecule has 102 valence electrons. The fourth-order valence-corrected chi connectivity index (χ4v) is 2.00. The van der Waals surface area contributed by atoms with Gasteiger partial charge in [0.25, 0.3) is 5.91 Å². The van der Waals surface area contributed by atoms with Crippen LogP contribution in [0.15, 0.2) is 29.3 Å². The van der Waals surface area contributed by atoms with Gasteiger partial charge in [-0.05, 0) is 24.6 Å². The minimum atomic E-state index is -0.823. The van der Waals surface area contributed by atoms with Crippen LogP contribution in [-0.2, 0) is 15.1 Å². The van der Waals surface area contributed by atoms with E-state index in [1.54, 1.807) is 19.2 Å². The number of amides is 1. The van der Waals surface area contributed by atoms with Crippen LogP contribution in [0, 0.1) is 0 Å². The number of hydrogen-bond acceptors (Lipinski definition) is 3. The normalized spacial score (nSPS) is 24.4. The Balaban J connectivity index is 2.18. The van der Waals surface area contributed by atoms with Gasteiger partial charge in [0.15, 0.2) is 5.96 Å². The molecule has 1 fully saturated rings. The van der Waals surface area contributed by atoms with E-state index < -0.39 is 5.54 Å². The van der Waals surface area contributed by atoms with Crippen LogP contribution in [0.3, 0.4) is 0 Å². The lowest BCUT2D eigenvalue weighted by atomic mass is 9.92. The summed E-state index contributed by atoms with van der Waals surface area (Å²) in [4.78, 5) is 16.3. The number of nitrogens with one attached hydrogen (secondary N) is 2. The predicted octanol–water partition coefficient (Wildman–Crippen LogP) is 1.28. The van der Waals surface area contributed by atoms with Crippen molar-refractivity contribution in [2.75, 3.05) is 20.3 Å². The second-order valence-corrected chi connectivity index (χ2v) is 4.87. The maximum atomic E-state index is 12.1. The molecule has 2 rings (SSSR count). The number of carbonyl (C=O) groups is 1. The van der Waals surface area contributed by atoms with E-state index in [0.717, 1.165) is 5.56 Å². The molecule has 0 aliphatic carbocycles. The number of hydrogen-bond donors (Lipinski definition) is 2. The summed E-state index contributed by atoms with van der Waals surface area (Å²) < 4.78 is 4.92. The van der Waals surface area contributed by atoms with Crippen molar-refractivity contribution in [3.05, 3.63) is 34.9 Å². The molecule has 1 heterocycles. The molecule has 1 atom stereocenters. The molecule has 1 unspecified atom stereocenters. The van der Waals surface area contributed by atoms with Crippen LogP contribution in [0.4, 0.5) is 0 Å². The SMILES string of the molecule is COCCN=C1NC(=O)C(C)(c2ccc(Cl)cc2)N1. The van der Waals surface area contributed by atoms with E-state index in [2.05, 4.69) is 15.6 Å². The highest BCUT2D eigenvalue weighted by Gasteiger charge is 2.42. The van der Waals surface area contributed by atoms with Gasteiger partial charge in [0.2, 0.25) is 0 Å². The highest BCUT2D eigenvalue weighted by Crippen LogP contribution is 2.25. The Hall–Kier alpha value is -1.59. The first-order chi connectivity index (χ1) is 9.06. The molecule has 0 bridgehead atoms. The first-order valence-electron chi connectivity index (χ1n) is 5.95. The molecule has 5 nitrogen and oxygen atoms in total. The molecule has 1 aromatic carbocycles. The van der Waals surface area contributed by atoms with Crippen LogP contribution < -0.4 is 10.6 Å². The molecule has 0 aromatic heterocycles. The molecule has 2 N–H and O–H groups in total. The number of nitrogens with zero attached hydrogens (tertiary/aromatic N) is 1. The van der Waals surface area contributed by atoms with E-state index in [1.807, 2.05) is 19.1 Å². The van der Waals surface area contributed by atoms with Gasteiger partial charge < -0.3 is 10.1 Å². The maximum Gasteiger partial charge on any atom is 0.256 e. The molecule has 6 heteroatoms. The zero-order valence-electron chi connectivity index (χ0n) is 10.9. The second-order valence-electron chi connectivity index (χ2n) is 4.43. The van der Waals surface area contributed by atoms with Gasteiger partial charge in [-0.3, -0.25) is 15.1 Å². The Morgan fingerprint density at radius 3 is 2.68 bits per heavy atom. The minimum Gasteiger partial charge on any atom is -0.383 e. The number of methoxy groups -OCH3 is 1. The monoisotopic (exact) mass is 281 g/mol. The highest BCUT2D eigenvalue weighted by molar-refractivity contribution is 6.30. The molecule has 0 spiro atoms. The molecule has 1 saturated heterocycles. The third-order valence-electron chi connectivity index (χ3n) is 3.04. The van der Waals surface area contributed by atoms with E-state index in [-0.39, 0.29) is 5.91 Å². The largest absolute Gasteiger partial charge is 0.383 e. The van der Waals surface area contributed by atoms with Crippen molar-refractivity contribution >= 4 is 23.5 Å². The standard InChI is InChI=1S/C13H16ClN3O2/c1-13(9-3-5-10(14)6-4-9)11(18)16-12(17-13)15-7-8-19-2/h3-6H,7-8H2,1-2H3,(H2,15,16,17,18). The molecular formula is C13H16ClN3O2. The van der Waals surface area contributed by atoms with Crippen LogP contribution in [0.2, 0.25) is 5.02 Å². The molecule has 0 saturated carbocycles. The van der Waals surface area contributed by atoms with Gasteiger partial charge in [0.05, 0.1) is 13.2 Å². The predicted molar refractivity (Wildman–Crippen MR) is 74.3 cm³/mol. The molecule has 0 radical (unpaired) electrons. The van der Waals surface area contributed by atoms with Gasteiger partial charge in [-0.2, -0.15) is 0 Å². The number of carbonyl (C=O) groups excluding carboxylic acids is 1. The molecule has 1 aliphatic heterocycles. The fourth-order valence-electron chi connectivity index (χ4n) is 1.87. The minimum absolute atomic E-state index is 0.133. The Morgan fingerprint density at radius 1 is 1.37 bits per heavy atom. The van der Waals surface area contributed by atoms with Gasteiger partial charge in [0, 0.05) is 12.1 Å². The Bertz CT molecular complexity index is 501. The third-order valence-corrected chi connectivity index (χ3v) is 3.29. The van der Waals surface area contributed by atoms with E-state index in [1.165, 1.54) is 0 Å². The van der Waals surface area contributed by atoms with E-state index in [4.69, 9.17) is 16.3 Å². The molecule has 1 aliphatic rings. The Morgan fingerprint density at radius 2 is 2.05 bits per heavy atom. The van der Waals surface area contributed by atoms with Gasteiger partial charge in [-0.15, -0.1) is 0 Å². The maximum absolute atomic E-state index is 12.1. The van der Waals surface area contributed by atoms with Crippen molar-refractivity contribution in [1.82, 2.24) is 10.6 Å². The lowest BCUT2D eigenvalue weighted by Gasteiger charge is -2.21. The summed E-state index contributed by atoms with van der Waals surface area (Å²) >= 11 is 5.85. The Kier molecular flexibility index (Phi) is 4.07. The Labute approximate surface area is 117 Å². The first kappa shape index (κ1) is 13.8. The lowest BCUT2D eigenvalue weighted by Crippen LogP contribution is -2.40. The summed E-state index contributed by atoms with van der Waals surface area (Å²) in [5.74, 6) is 0.338. The van der Waals surface area contributed by atoms with Crippen LogP contribution in [-0.4, -0.2) is 32.1 Å². The number of aliphatic imine (C=N–C) groups is 1. The molecule has 1 aromatic rings. The van der Waals surface area contributed by atoms with E-state index in [0.29, 0.717) is 24.1 Å². The van der Waals surface area contributed by atoms with Crippen molar-refractivity contribution < 1.29 is 9.53 Å². The smallest absolute Gasteiger partial charge is 0.256 e. The van der Waals surface area contributed by atoms with Crippen LogP contribution in [0.5, 0.6) is 0 Å². The van der Waals surface area contributed by atoms with E-state index >= 15 is 0 Å². The van der Waals surface area contributed by atoms with Gasteiger partial charge in [-0.1, -0.05) is 23.7 Å². The summed E-state index contributed by atoms with van der Waals surface area (Å²) in [6.45, 7) is 2.82. The summed E-state index contributed by atoms with van der Waals surface area (Å²) in [5, 5.41) is 6.47. The molecular weight excluding hydrogens is 266 g/mol. The molecule has 19 heavy (non-hydrogen) atoms. The zero-order valence-corrected chi connectivity index (χ0v) is 11.6. The number of halogens is 1. The fraction of sp³-hybridized carbons (Fsp3) is 0.385. The zero-order chi connectivity index (χ0) is 13.9. The number of ether oxygens (including phenoxy) is 1. The quantitative estimate of drug-likeness (QED) is 0.817.